The molecule has 2 saturated heterocycles. The number of morpholine rings is 1. The molecule has 0 aliphatic carbocycles. The number of hydrogen-bond donors (Lipinski definition) is 1. The van der Waals surface area contributed by atoms with Crippen LogP contribution in [0.5, 0.6) is 0 Å². The molecule has 1 aromatic rings. The molecule has 2 fully saturated rings. The van der Waals surface area contributed by atoms with Crippen LogP contribution in [0.25, 0.3) is 0 Å². The third-order valence-electron chi connectivity index (χ3n) is 5.67. The lowest BCUT2D eigenvalue weighted by molar-refractivity contribution is -0.146. The highest BCUT2D eigenvalue weighted by atomic mass is 16.5. The molecule has 0 bridgehead atoms. The van der Waals surface area contributed by atoms with Gasteiger partial charge in [0.2, 0.25) is 5.91 Å². The van der Waals surface area contributed by atoms with Gasteiger partial charge in [-0.3, -0.25) is 14.5 Å². The zero-order valence-electron chi connectivity index (χ0n) is 18.1. The predicted molar refractivity (Wildman–Crippen MR) is 109 cm³/mol. The van der Waals surface area contributed by atoms with Crippen LogP contribution in [0.1, 0.15) is 52.7 Å². The number of urea groups is 1. The maximum absolute atomic E-state index is 13.1. The summed E-state index contributed by atoms with van der Waals surface area (Å²) in [6, 6.07) is 7.15. The van der Waals surface area contributed by atoms with E-state index in [0.717, 1.165) is 10.5 Å². The van der Waals surface area contributed by atoms with Crippen LogP contribution in [0.2, 0.25) is 0 Å². The topological polar surface area (TPSA) is 79.0 Å². The summed E-state index contributed by atoms with van der Waals surface area (Å²) in [7, 11) is 0. The molecule has 1 aromatic carbocycles. The summed E-state index contributed by atoms with van der Waals surface area (Å²) >= 11 is 0. The van der Waals surface area contributed by atoms with Crippen LogP contribution in [0, 0.1) is 0 Å². The minimum atomic E-state index is -1.18. The van der Waals surface area contributed by atoms with Crippen molar-refractivity contribution in [1.82, 2.24) is 15.1 Å². The molecule has 3 atom stereocenters. The van der Waals surface area contributed by atoms with Gasteiger partial charge < -0.3 is 15.0 Å². The number of nitrogens with one attached hydrogen (secondary N) is 1. The van der Waals surface area contributed by atoms with Crippen molar-refractivity contribution >= 4 is 17.8 Å². The van der Waals surface area contributed by atoms with Gasteiger partial charge in [0.05, 0.1) is 12.2 Å². The largest absolute Gasteiger partial charge is 0.372 e. The highest BCUT2D eigenvalue weighted by molar-refractivity contribution is 6.09. The maximum atomic E-state index is 13.1. The average Bonchev–Trinajstić information content (AvgIpc) is 2.84. The maximum Gasteiger partial charge on any atom is 0.325 e. The Hall–Kier alpha value is -2.41. The van der Waals surface area contributed by atoms with E-state index in [1.54, 1.807) is 11.8 Å². The van der Waals surface area contributed by atoms with Crippen molar-refractivity contribution < 1.29 is 19.1 Å². The molecule has 4 amide bonds. The molecule has 0 radical (unpaired) electrons. The van der Waals surface area contributed by atoms with E-state index in [9.17, 15) is 14.4 Å². The third-order valence-corrected chi connectivity index (χ3v) is 5.67. The highest BCUT2D eigenvalue weighted by Gasteiger charge is 2.50. The molecule has 0 saturated carbocycles. The summed E-state index contributed by atoms with van der Waals surface area (Å²) in [6.45, 7) is 12.5. The van der Waals surface area contributed by atoms with Gasteiger partial charge in [-0.25, -0.2) is 4.79 Å². The molecule has 7 nitrogen and oxygen atoms in total. The molecule has 2 aliphatic rings. The Kier molecular flexibility index (Phi) is 5.47. The standard InChI is InChI=1S/C22H31N3O4/c1-14-11-24(12-15(2)29-14)18(26)13-25-19(27)22(6,23-20(25)28)17-9-7-16(8-10-17)21(3,4)5/h7-10,14-15H,11-13H2,1-6H3,(H,23,28)/t14-,15-,22-/m1/s1. The lowest BCUT2D eigenvalue weighted by Gasteiger charge is -2.35. The Morgan fingerprint density at radius 3 is 2.21 bits per heavy atom. The fourth-order valence-corrected chi connectivity index (χ4v) is 3.96. The molecule has 158 valence electrons. The number of ether oxygens (including phenoxy) is 1. The highest BCUT2D eigenvalue weighted by Crippen LogP contribution is 2.31. The van der Waals surface area contributed by atoms with Gasteiger partial charge in [-0.1, -0.05) is 45.0 Å². The van der Waals surface area contributed by atoms with Crippen LogP contribution in [0.4, 0.5) is 4.79 Å². The molecule has 2 heterocycles. The second kappa shape index (κ2) is 7.44. The first kappa shape index (κ1) is 21.3. The van der Waals surface area contributed by atoms with Crippen molar-refractivity contribution in [2.24, 2.45) is 0 Å². The van der Waals surface area contributed by atoms with Gasteiger partial charge >= 0.3 is 6.03 Å². The zero-order chi connectivity index (χ0) is 21.6. The van der Waals surface area contributed by atoms with Gasteiger partial charge in [0.25, 0.3) is 5.91 Å². The fourth-order valence-electron chi connectivity index (χ4n) is 3.96. The summed E-state index contributed by atoms with van der Waals surface area (Å²) in [5.41, 5.74) is 0.656. The molecule has 7 heteroatoms. The number of hydrogen-bond acceptors (Lipinski definition) is 4. The van der Waals surface area contributed by atoms with E-state index in [4.69, 9.17) is 4.74 Å². The molecule has 29 heavy (non-hydrogen) atoms. The van der Waals surface area contributed by atoms with Gasteiger partial charge in [0.1, 0.15) is 12.1 Å². The fraction of sp³-hybridized carbons (Fsp3) is 0.591. The second-order valence-corrected chi connectivity index (χ2v) is 9.33. The van der Waals surface area contributed by atoms with Crippen molar-refractivity contribution in [1.29, 1.82) is 0 Å². The van der Waals surface area contributed by atoms with Crippen LogP contribution >= 0.6 is 0 Å². The summed E-state index contributed by atoms with van der Waals surface area (Å²) in [6.07, 6.45) is -0.144. The number of benzene rings is 1. The Balaban J connectivity index is 1.76. The van der Waals surface area contributed by atoms with Crippen molar-refractivity contribution in [3.63, 3.8) is 0 Å². The minimum absolute atomic E-state index is 0.00669. The third kappa shape index (κ3) is 4.15. The number of carbonyl (C=O) groups is 3. The van der Waals surface area contributed by atoms with E-state index in [-0.39, 0.29) is 30.1 Å². The van der Waals surface area contributed by atoms with Gasteiger partial charge in [0.15, 0.2) is 0 Å². The van der Waals surface area contributed by atoms with Gasteiger partial charge in [-0.05, 0) is 37.3 Å². The van der Waals surface area contributed by atoms with E-state index >= 15 is 0 Å². The smallest absolute Gasteiger partial charge is 0.325 e. The number of imide groups is 1. The Morgan fingerprint density at radius 2 is 1.69 bits per heavy atom. The lowest BCUT2D eigenvalue weighted by atomic mass is 9.84. The summed E-state index contributed by atoms with van der Waals surface area (Å²) < 4.78 is 5.65. The first-order valence-electron chi connectivity index (χ1n) is 10.1. The zero-order valence-corrected chi connectivity index (χ0v) is 18.1. The van der Waals surface area contributed by atoms with Crippen LogP contribution in [0.15, 0.2) is 24.3 Å². The summed E-state index contributed by atoms with van der Waals surface area (Å²) in [5, 5.41) is 2.77. The molecular weight excluding hydrogens is 370 g/mol. The molecule has 3 rings (SSSR count). The molecule has 1 N–H and O–H groups in total. The molecular formula is C22H31N3O4. The molecule has 0 spiro atoms. The van der Waals surface area contributed by atoms with E-state index in [1.807, 2.05) is 38.1 Å². The Morgan fingerprint density at radius 1 is 1.14 bits per heavy atom. The number of nitrogens with zero attached hydrogens (tertiary/aromatic N) is 2. The number of carbonyl (C=O) groups excluding carboxylic acids is 3. The van der Waals surface area contributed by atoms with Crippen molar-refractivity contribution in [2.75, 3.05) is 19.6 Å². The first-order chi connectivity index (χ1) is 13.4. The van der Waals surface area contributed by atoms with Crippen molar-refractivity contribution in [3.8, 4) is 0 Å². The summed E-state index contributed by atoms with van der Waals surface area (Å²) in [4.78, 5) is 41.1. The normalized spacial score (nSPS) is 27.9. The van der Waals surface area contributed by atoms with E-state index in [0.29, 0.717) is 18.7 Å². The van der Waals surface area contributed by atoms with Crippen LogP contribution in [-0.4, -0.2) is 59.5 Å². The van der Waals surface area contributed by atoms with Crippen LogP contribution in [0.3, 0.4) is 0 Å². The monoisotopic (exact) mass is 401 g/mol. The van der Waals surface area contributed by atoms with Crippen LogP contribution < -0.4 is 5.32 Å². The SMILES string of the molecule is C[C@@H]1CN(C(=O)CN2C(=O)N[C@](C)(c3ccc(C(C)(C)C)cc3)C2=O)C[C@@H](C)O1. The lowest BCUT2D eigenvalue weighted by Crippen LogP contribution is -2.52. The Labute approximate surface area is 172 Å². The predicted octanol–water partition coefficient (Wildman–Crippen LogP) is 2.39. The molecule has 2 aliphatic heterocycles. The molecule has 0 unspecified atom stereocenters. The Bertz CT molecular complexity index is 804. The van der Waals surface area contributed by atoms with Gasteiger partial charge in [-0.2, -0.15) is 0 Å². The average molecular weight is 402 g/mol. The quantitative estimate of drug-likeness (QED) is 0.789. The minimum Gasteiger partial charge on any atom is -0.372 e. The second-order valence-electron chi connectivity index (χ2n) is 9.33. The summed E-state index contributed by atoms with van der Waals surface area (Å²) in [5.74, 6) is -0.656. The van der Waals surface area contributed by atoms with E-state index in [1.165, 1.54) is 0 Å². The first-order valence-corrected chi connectivity index (χ1v) is 10.1. The van der Waals surface area contributed by atoms with Crippen molar-refractivity contribution in [3.05, 3.63) is 35.4 Å². The van der Waals surface area contributed by atoms with Crippen molar-refractivity contribution in [2.45, 2.75) is 64.7 Å². The van der Waals surface area contributed by atoms with Gasteiger partial charge in [0, 0.05) is 13.1 Å². The van der Waals surface area contributed by atoms with E-state index < -0.39 is 17.5 Å². The number of rotatable bonds is 3. The van der Waals surface area contributed by atoms with Gasteiger partial charge in [-0.15, -0.1) is 0 Å². The van der Waals surface area contributed by atoms with E-state index in [2.05, 4.69) is 26.1 Å². The molecule has 0 aromatic heterocycles. The number of amides is 4. The van der Waals surface area contributed by atoms with Crippen LogP contribution in [-0.2, 0) is 25.3 Å².